The Morgan fingerprint density at radius 2 is 1.74 bits per heavy atom. The summed E-state index contributed by atoms with van der Waals surface area (Å²) in [6, 6.07) is -0.476. The highest BCUT2D eigenvalue weighted by atomic mass is 32.2. The zero-order chi connectivity index (χ0) is 18.4. The summed E-state index contributed by atoms with van der Waals surface area (Å²) in [5, 5.41) is 9.00. The molecule has 0 amide bonds. The Labute approximate surface area is 140 Å². The van der Waals surface area contributed by atoms with Crippen molar-refractivity contribution in [3.05, 3.63) is 0 Å². The molecule has 10 heteroatoms. The fourth-order valence-electron chi connectivity index (χ4n) is 1.63. The van der Waals surface area contributed by atoms with Crippen LogP contribution in [0, 0.1) is 5.92 Å². The largest absolute Gasteiger partial charge is 0.478 e. The molecule has 0 saturated carbocycles. The molecule has 0 fully saturated rings. The number of sulfonamides is 1. The summed E-state index contributed by atoms with van der Waals surface area (Å²) >= 11 is 0.933. The zero-order valence-corrected chi connectivity index (χ0v) is 15.4. The zero-order valence-electron chi connectivity index (χ0n) is 13.8. The van der Waals surface area contributed by atoms with E-state index >= 15 is 0 Å². The van der Waals surface area contributed by atoms with Crippen molar-refractivity contribution in [1.82, 2.24) is 4.31 Å². The maximum atomic E-state index is 11.9. The van der Waals surface area contributed by atoms with Crippen LogP contribution < -0.4 is 0 Å². The monoisotopic (exact) mass is 369 g/mol. The lowest BCUT2D eigenvalue weighted by atomic mass is 10.2. The van der Waals surface area contributed by atoms with Gasteiger partial charge in [-0.15, -0.1) is 0 Å². The fourth-order valence-corrected chi connectivity index (χ4v) is 3.42. The first-order valence-corrected chi connectivity index (χ1v) is 9.73. The van der Waals surface area contributed by atoms with Gasteiger partial charge in [-0.1, -0.05) is 18.7 Å². The second-order valence-corrected chi connectivity index (χ2v) is 8.53. The van der Waals surface area contributed by atoms with Gasteiger partial charge < -0.3 is 9.84 Å². The quantitative estimate of drug-likeness (QED) is 0.586. The summed E-state index contributed by atoms with van der Waals surface area (Å²) in [4.78, 5) is 34.0. The van der Waals surface area contributed by atoms with Gasteiger partial charge in [0, 0.05) is 18.7 Å². The molecule has 8 nitrogen and oxygen atoms in total. The number of ether oxygens (including phenoxy) is 1. The number of nitrogens with zero attached hydrogens (tertiary/aromatic N) is 1. The van der Waals surface area contributed by atoms with Crippen molar-refractivity contribution in [2.45, 2.75) is 39.8 Å². The number of carbonyl (C=O) groups excluding carboxylic acids is 2. The second kappa shape index (κ2) is 9.24. The smallest absolute Gasteiger partial charge is 0.346 e. The van der Waals surface area contributed by atoms with Crippen molar-refractivity contribution in [2.75, 3.05) is 18.6 Å². The minimum Gasteiger partial charge on any atom is -0.478 e. The Morgan fingerprint density at radius 3 is 2.09 bits per heavy atom. The molecule has 0 heterocycles. The fraction of sp³-hybridized carbons (Fsp3) is 0.769. The number of carboxylic acid groups (broad SMARTS) is 1. The summed E-state index contributed by atoms with van der Waals surface area (Å²) < 4.78 is 29.2. The van der Waals surface area contributed by atoms with Crippen molar-refractivity contribution < 1.29 is 32.6 Å². The summed E-state index contributed by atoms with van der Waals surface area (Å²) in [7, 11) is -3.64. The van der Waals surface area contributed by atoms with E-state index in [0.717, 1.165) is 22.3 Å². The van der Waals surface area contributed by atoms with E-state index in [1.807, 2.05) is 0 Å². The predicted octanol–water partition coefficient (Wildman–Crippen LogP) is 0.569. The number of hydrogen-bond donors (Lipinski definition) is 1. The summed E-state index contributed by atoms with van der Waals surface area (Å²) in [5.41, 5.74) is 0. The number of carbonyl (C=O) groups is 3. The molecule has 1 N–H and O–H groups in total. The van der Waals surface area contributed by atoms with Crippen molar-refractivity contribution in [2.24, 2.45) is 5.92 Å². The minimum atomic E-state index is -3.64. The van der Waals surface area contributed by atoms with Gasteiger partial charge >= 0.3 is 11.9 Å². The first-order chi connectivity index (χ1) is 10.4. The third-order valence-electron chi connectivity index (χ3n) is 2.82. The first-order valence-electron chi connectivity index (χ1n) is 6.89. The Balaban J connectivity index is 4.96. The van der Waals surface area contributed by atoms with Crippen LogP contribution in [0.15, 0.2) is 0 Å². The third kappa shape index (κ3) is 8.33. The Kier molecular flexibility index (Phi) is 8.78. The number of rotatable bonds is 9. The van der Waals surface area contributed by atoms with Crippen LogP contribution in [-0.2, 0) is 29.1 Å². The lowest BCUT2D eigenvalue weighted by Gasteiger charge is -2.27. The van der Waals surface area contributed by atoms with Crippen LogP contribution in [0.5, 0.6) is 0 Å². The van der Waals surface area contributed by atoms with Gasteiger partial charge in [-0.3, -0.25) is 9.59 Å². The molecule has 0 radical (unpaired) electrons. The Morgan fingerprint density at radius 1 is 1.22 bits per heavy atom. The van der Waals surface area contributed by atoms with E-state index in [9.17, 15) is 22.8 Å². The maximum Gasteiger partial charge on any atom is 0.346 e. The molecular formula is C13H23NO7S2. The van der Waals surface area contributed by atoms with Crippen LogP contribution in [0.25, 0.3) is 0 Å². The molecule has 0 aromatic rings. The highest BCUT2D eigenvalue weighted by Crippen LogP contribution is 2.14. The van der Waals surface area contributed by atoms with Crippen LogP contribution in [0.1, 0.15) is 27.7 Å². The Bertz CT molecular complexity index is 545. The summed E-state index contributed by atoms with van der Waals surface area (Å²) in [6.45, 7) is 5.58. The van der Waals surface area contributed by atoms with Crippen LogP contribution in [0.2, 0.25) is 0 Å². The van der Waals surface area contributed by atoms with Gasteiger partial charge in [-0.05, 0) is 13.8 Å². The molecule has 0 aliphatic heterocycles. The second-order valence-electron chi connectivity index (χ2n) is 5.39. The van der Waals surface area contributed by atoms with Crippen LogP contribution in [0.3, 0.4) is 0 Å². The highest BCUT2D eigenvalue weighted by Gasteiger charge is 2.32. The van der Waals surface area contributed by atoms with Gasteiger partial charge in [0.25, 0.3) is 0 Å². The average Bonchev–Trinajstić information content (AvgIpc) is 2.37. The van der Waals surface area contributed by atoms with Gasteiger partial charge in [0.15, 0.2) is 5.12 Å². The molecule has 23 heavy (non-hydrogen) atoms. The van der Waals surface area contributed by atoms with Crippen LogP contribution in [0.4, 0.5) is 0 Å². The molecule has 0 saturated heterocycles. The van der Waals surface area contributed by atoms with E-state index in [4.69, 9.17) is 9.84 Å². The van der Waals surface area contributed by atoms with E-state index in [0.29, 0.717) is 0 Å². The molecule has 0 aliphatic carbocycles. The number of aliphatic carboxylic acids is 1. The molecule has 0 aromatic carbocycles. The molecule has 0 spiro atoms. The van der Waals surface area contributed by atoms with E-state index < -0.39 is 46.6 Å². The maximum absolute atomic E-state index is 11.9. The van der Waals surface area contributed by atoms with E-state index in [-0.39, 0.29) is 10.9 Å². The highest BCUT2D eigenvalue weighted by molar-refractivity contribution is 8.13. The van der Waals surface area contributed by atoms with Crippen LogP contribution in [-0.4, -0.2) is 65.6 Å². The standard InChI is InChI=1S/C13H23NO7S2/c1-8(2)14(23(5,19)20)6-11(12(16)17)21-13(18)9(3)7-22-10(4)15/h8-9,11H,6-7H2,1-5H3,(H,16,17)/t9-,11?/m1/s1. The Hall–Kier alpha value is -1.13. The topological polar surface area (TPSA) is 118 Å². The SMILES string of the molecule is CC(=O)SC[C@@H](C)C(=O)OC(CN(C(C)C)S(C)(=O)=O)C(=O)O. The van der Waals surface area contributed by atoms with E-state index in [1.165, 1.54) is 13.8 Å². The lowest BCUT2D eigenvalue weighted by Crippen LogP contribution is -2.46. The van der Waals surface area contributed by atoms with E-state index in [2.05, 4.69) is 0 Å². The van der Waals surface area contributed by atoms with E-state index in [1.54, 1.807) is 13.8 Å². The van der Waals surface area contributed by atoms with Crippen LogP contribution >= 0.6 is 11.8 Å². The first kappa shape index (κ1) is 21.9. The average molecular weight is 369 g/mol. The number of carboxylic acids is 1. The summed E-state index contributed by atoms with van der Waals surface area (Å²) in [5.74, 6) is -2.74. The lowest BCUT2D eigenvalue weighted by molar-refractivity contribution is -0.166. The van der Waals surface area contributed by atoms with Gasteiger partial charge in [0.2, 0.25) is 16.1 Å². The van der Waals surface area contributed by atoms with Crippen molar-refractivity contribution in [3.63, 3.8) is 0 Å². The van der Waals surface area contributed by atoms with Gasteiger partial charge in [0.1, 0.15) is 0 Å². The molecule has 1 unspecified atom stereocenters. The van der Waals surface area contributed by atoms with Crippen molar-refractivity contribution >= 4 is 38.8 Å². The van der Waals surface area contributed by atoms with Crippen molar-refractivity contribution in [1.29, 1.82) is 0 Å². The normalized spacial score (nSPS) is 14.6. The van der Waals surface area contributed by atoms with Gasteiger partial charge in [-0.2, -0.15) is 4.31 Å². The molecular weight excluding hydrogens is 346 g/mol. The number of hydrogen-bond acceptors (Lipinski definition) is 7. The molecule has 134 valence electrons. The van der Waals surface area contributed by atoms with Crippen molar-refractivity contribution in [3.8, 4) is 0 Å². The molecule has 0 rings (SSSR count). The number of esters is 1. The summed E-state index contributed by atoms with van der Waals surface area (Å²) in [6.07, 6.45) is -0.649. The number of thioether (sulfide) groups is 1. The molecule has 0 bridgehead atoms. The molecule has 0 aliphatic rings. The third-order valence-corrected chi connectivity index (χ3v) is 5.32. The molecule has 0 aromatic heterocycles. The minimum absolute atomic E-state index is 0.164. The predicted molar refractivity (Wildman–Crippen MR) is 86.5 cm³/mol. The van der Waals surface area contributed by atoms with Gasteiger partial charge in [0.05, 0.1) is 18.7 Å². The van der Waals surface area contributed by atoms with Gasteiger partial charge in [-0.25, -0.2) is 13.2 Å². The molecule has 2 atom stereocenters.